The Morgan fingerprint density at radius 1 is 0.958 bits per heavy atom. The van der Waals surface area contributed by atoms with Gasteiger partial charge in [-0.05, 0) is 36.1 Å². The number of benzene rings is 2. The molecule has 1 unspecified atom stereocenters. The minimum Gasteiger partial charge on any atom is -0.387 e. The van der Waals surface area contributed by atoms with E-state index in [0.29, 0.717) is 17.6 Å². The van der Waals surface area contributed by atoms with E-state index < -0.39 is 6.10 Å². The minimum absolute atomic E-state index is 0.479. The lowest BCUT2D eigenvalue weighted by Gasteiger charge is -2.35. The van der Waals surface area contributed by atoms with Gasteiger partial charge in [0.25, 0.3) is 0 Å². The van der Waals surface area contributed by atoms with Gasteiger partial charge in [-0.15, -0.1) is 0 Å². The fourth-order valence-corrected chi connectivity index (χ4v) is 3.75. The van der Waals surface area contributed by atoms with Crippen LogP contribution in [0.4, 0.5) is 0 Å². The fraction of sp³-hybridized carbons (Fsp3) is 0.429. The van der Waals surface area contributed by atoms with Crippen LogP contribution in [0.15, 0.2) is 54.6 Å². The topological polar surface area (TPSA) is 23.5 Å². The Kier molecular flexibility index (Phi) is 6.30. The highest BCUT2D eigenvalue weighted by molar-refractivity contribution is 6.30. The molecule has 1 atom stereocenters. The van der Waals surface area contributed by atoms with Crippen LogP contribution in [0.1, 0.15) is 49.3 Å². The van der Waals surface area contributed by atoms with Crippen LogP contribution in [0.25, 0.3) is 0 Å². The molecule has 0 bridgehead atoms. The molecule has 0 saturated heterocycles. The first kappa shape index (κ1) is 17.5. The first-order valence-electron chi connectivity index (χ1n) is 8.94. The summed E-state index contributed by atoms with van der Waals surface area (Å²) >= 11 is 5.96. The summed E-state index contributed by atoms with van der Waals surface area (Å²) in [4.78, 5) is 2.47. The van der Waals surface area contributed by atoms with Gasteiger partial charge >= 0.3 is 0 Å². The van der Waals surface area contributed by atoms with E-state index in [9.17, 15) is 5.11 Å². The lowest BCUT2D eigenvalue weighted by Crippen LogP contribution is -2.39. The Bertz CT molecular complexity index is 607. The molecule has 1 fully saturated rings. The molecular weight excluding hydrogens is 318 g/mol. The molecule has 0 spiro atoms. The van der Waals surface area contributed by atoms with Crippen molar-refractivity contribution >= 4 is 11.6 Å². The molecule has 0 heterocycles. The summed E-state index contributed by atoms with van der Waals surface area (Å²) in [6.45, 7) is 1.57. The maximum atomic E-state index is 10.7. The Morgan fingerprint density at radius 2 is 1.62 bits per heavy atom. The van der Waals surface area contributed by atoms with Crippen molar-refractivity contribution in [2.75, 3.05) is 6.54 Å². The van der Waals surface area contributed by atoms with E-state index in [1.54, 1.807) is 0 Å². The summed E-state index contributed by atoms with van der Waals surface area (Å²) in [6.07, 6.45) is 5.93. The van der Waals surface area contributed by atoms with Gasteiger partial charge in [0.15, 0.2) is 0 Å². The predicted octanol–water partition coefficient (Wildman–Crippen LogP) is 5.21. The molecule has 1 aliphatic rings. The third-order valence-corrected chi connectivity index (χ3v) is 5.23. The Labute approximate surface area is 150 Å². The second-order valence-electron chi connectivity index (χ2n) is 6.77. The normalized spacial score (nSPS) is 17.1. The summed E-state index contributed by atoms with van der Waals surface area (Å²) in [6, 6.07) is 18.7. The van der Waals surface area contributed by atoms with Crippen molar-refractivity contribution in [1.29, 1.82) is 0 Å². The molecule has 2 aromatic rings. The molecule has 0 aromatic heterocycles. The lowest BCUT2D eigenvalue weighted by molar-refractivity contribution is 0.0674. The van der Waals surface area contributed by atoms with Gasteiger partial charge in [0.05, 0.1) is 6.10 Å². The smallest absolute Gasteiger partial charge is 0.0917 e. The highest BCUT2D eigenvalue weighted by Crippen LogP contribution is 2.27. The largest absolute Gasteiger partial charge is 0.387 e. The van der Waals surface area contributed by atoms with Crippen molar-refractivity contribution in [3.8, 4) is 0 Å². The molecule has 24 heavy (non-hydrogen) atoms. The van der Waals surface area contributed by atoms with Gasteiger partial charge in [0.1, 0.15) is 0 Å². The van der Waals surface area contributed by atoms with Gasteiger partial charge in [-0.25, -0.2) is 0 Å². The van der Waals surface area contributed by atoms with Gasteiger partial charge in [-0.3, -0.25) is 4.90 Å². The molecule has 128 valence electrons. The highest BCUT2D eigenvalue weighted by atomic mass is 35.5. The van der Waals surface area contributed by atoms with Gasteiger partial charge < -0.3 is 5.11 Å². The van der Waals surface area contributed by atoms with Crippen molar-refractivity contribution in [2.45, 2.75) is 50.8 Å². The number of rotatable bonds is 6. The van der Waals surface area contributed by atoms with E-state index in [1.165, 1.54) is 37.7 Å². The zero-order chi connectivity index (χ0) is 16.8. The first-order chi connectivity index (χ1) is 11.7. The summed E-state index contributed by atoms with van der Waals surface area (Å²) < 4.78 is 0. The molecule has 0 aliphatic heterocycles. The summed E-state index contributed by atoms with van der Waals surface area (Å²) in [5.41, 5.74) is 2.25. The second kappa shape index (κ2) is 8.66. The Balaban J connectivity index is 1.72. The summed E-state index contributed by atoms with van der Waals surface area (Å²) in [5, 5.41) is 11.4. The average molecular weight is 344 g/mol. The van der Waals surface area contributed by atoms with E-state index in [4.69, 9.17) is 11.6 Å². The van der Waals surface area contributed by atoms with Crippen LogP contribution >= 0.6 is 11.6 Å². The summed E-state index contributed by atoms with van der Waals surface area (Å²) in [7, 11) is 0. The third-order valence-electron chi connectivity index (χ3n) is 4.98. The van der Waals surface area contributed by atoms with Gasteiger partial charge in [-0.1, -0.05) is 73.3 Å². The lowest BCUT2D eigenvalue weighted by atomic mass is 9.93. The number of aliphatic hydroxyl groups excluding tert-OH is 1. The second-order valence-corrected chi connectivity index (χ2v) is 7.21. The van der Waals surface area contributed by atoms with Gasteiger partial charge in [0, 0.05) is 24.2 Å². The molecule has 3 heteroatoms. The summed E-state index contributed by atoms with van der Waals surface area (Å²) in [5.74, 6) is 0. The molecule has 0 radical (unpaired) electrons. The number of halogens is 1. The Hall–Kier alpha value is -1.35. The molecule has 3 rings (SSSR count). The predicted molar refractivity (Wildman–Crippen MR) is 100 cm³/mol. The maximum absolute atomic E-state index is 10.7. The molecule has 2 aromatic carbocycles. The monoisotopic (exact) mass is 343 g/mol. The van der Waals surface area contributed by atoms with Crippen molar-refractivity contribution in [2.24, 2.45) is 0 Å². The molecule has 1 saturated carbocycles. The van der Waals surface area contributed by atoms with E-state index >= 15 is 0 Å². The fourth-order valence-electron chi connectivity index (χ4n) is 3.62. The number of hydrogen-bond donors (Lipinski definition) is 1. The zero-order valence-corrected chi connectivity index (χ0v) is 14.8. The van der Waals surface area contributed by atoms with Crippen molar-refractivity contribution < 1.29 is 5.11 Å². The van der Waals surface area contributed by atoms with E-state index in [1.807, 2.05) is 24.3 Å². The van der Waals surface area contributed by atoms with Crippen molar-refractivity contribution in [1.82, 2.24) is 4.90 Å². The van der Waals surface area contributed by atoms with Crippen LogP contribution in [0, 0.1) is 0 Å². The number of aliphatic hydroxyl groups is 1. The van der Waals surface area contributed by atoms with Gasteiger partial charge in [-0.2, -0.15) is 0 Å². The molecule has 2 nitrogen and oxygen atoms in total. The van der Waals surface area contributed by atoms with Crippen molar-refractivity contribution in [3.63, 3.8) is 0 Å². The van der Waals surface area contributed by atoms with Crippen LogP contribution in [-0.2, 0) is 6.54 Å². The van der Waals surface area contributed by atoms with Crippen LogP contribution in [0.5, 0.6) is 0 Å². The SMILES string of the molecule is OC(CN(Cc1ccccc1)C1CCCCC1)c1ccc(Cl)cc1. The Morgan fingerprint density at radius 3 is 2.29 bits per heavy atom. The average Bonchev–Trinajstić information content (AvgIpc) is 2.63. The quantitative estimate of drug-likeness (QED) is 0.778. The zero-order valence-electron chi connectivity index (χ0n) is 14.1. The van der Waals surface area contributed by atoms with E-state index in [2.05, 4.69) is 35.2 Å². The molecular formula is C21H26ClNO. The van der Waals surface area contributed by atoms with Crippen LogP contribution in [0.3, 0.4) is 0 Å². The van der Waals surface area contributed by atoms with Crippen LogP contribution in [0.2, 0.25) is 5.02 Å². The van der Waals surface area contributed by atoms with Crippen LogP contribution < -0.4 is 0 Å². The third kappa shape index (κ3) is 4.83. The number of nitrogens with zero attached hydrogens (tertiary/aromatic N) is 1. The first-order valence-corrected chi connectivity index (χ1v) is 9.31. The van der Waals surface area contributed by atoms with E-state index in [0.717, 1.165) is 12.1 Å². The molecule has 0 amide bonds. The maximum Gasteiger partial charge on any atom is 0.0917 e. The van der Waals surface area contributed by atoms with Gasteiger partial charge in [0.2, 0.25) is 0 Å². The molecule has 1 N–H and O–H groups in total. The van der Waals surface area contributed by atoms with E-state index in [-0.39, 0.29) is 0 Å². The standard InChI is InChI=1S/C21H26ClNO/c22-19-13-11-18(12-14-19)21(24)16-23(20-9-5-2-6-10-20)15-17-7-3-1-4-8-17/h1,3-4,7-8,11-14,20-21,24H,2,5-6,9-10,15-16H2. The highest BCUT2D eigenvalue weighted by Gasteiger charge is 2.24. The number of hydrogen-bond acceptors (Lipinski definition) is 2. The van der Waals surface area contributed by atoms with Crippen LogP contribution in [-0.4, -0.2) is 22.6 Å². The molecule has 1 aliphatic carbocycles. The van der Waals surface area contributed by atoms with Crippen molar-refractivity contribution in [3.05, 3.63) is 70.7 Å². The minimum atomic E-state index is -0.479.